The number of rotatable bonds is 7. The molecule has 1 fully saturated rings. The minimum atomic E-state index is -0.659. The zero-order valence-electron chi connectivity index (χ0n) is 15.1. The van der Waals surface area contributed by atoms with Gasteiger partial charge in [-0.3, -0.25) is 9.59 Å². The van der Waals surface area contributed by atoms with E-state index < -0.39 is 5.97 Å². The highest BCUT2D eigenvalue weighted by molar-refractivity contribution is 6.08. The lowest BCUT2D eigenvalue weighted by atomic mass is 10.1. The maximum absolute atomic E-state index is 12.4. The van der Waals surface area contributed by atoms with Crippen LogP contribution in [0.3, 0.4) is 0 Å². The summed E-state index contributed by atoms with van der Waals surface area (Å²) in [5.74, 6) is -0.785. The number of ether oxygens (including phenoxy) is 1. The molecule has 3 rings (SSSR count). The summed E-state index contributed by atoms with van der Waals surface area (Å²) in [5.41, 5.74) is 1.02. The van der Waals surface area contributed by atoms with Crippen LogP contribution in [0.2, 0.25) is 0 Å². The van der Waals surface area contributed by atoms with E-state index in [9.17, 15) is 14.4 Å². The minimum absolute atomic E-state index is 0.0913. The molecular formula is C21H22N2O4. The molecule has 1 aliphatic rings. The molecule has 0 heterocycles. The van der Waals surface area contributed by atoms with Gasteiger partial charge in [0.1, 0.15) is 0 Å². The van der Waals surface area contributed by atoms with Crippen LogP contribution < -0.4 is 10.6 Å². The van der Waals surface area contributed by atoms with Crippen molar-refractivity contribution in [2.75, 3.05) is 11.9 Å². The van der Waals surface area contributed by atoms with E-state index in [2.05, 4.69) is 10.6 Å². The smallest absolute Gasteiger partial charge is 0.340 e. The molecule has 1 saturated carbocycles. The van der Waals surface area contributed by atoms with Crippen LogP contribution in [0.5, 0.6) is 0 Å². The van der Waals surface area contributed by atoms with Crippen LogP contribution in [0.25, 0.3) is 0 Å². The van der Waals surface area contributed by atoms with Crippen LogP contribution in [0, 0.1) is 5.92 Å². The summed E-state index contributed by atoms with van der Waals surface area (Å²) in [6, 6.07) is 15.3. The SMILES string of the molecule is C[C@@H](NC(=O)COC(=O)c1ccccc1NC(=O)c1ccccc1)C1CC1. The zero-order valence-corrected chi connectivity index (χ0v) is 15.1. The van der Waals surface area contributed by atoms with Crippen molar-refractivity contribution in [2.24, 2.45) is 5.92 Å². The Morgan fingerprint density at radius 1 is 1.04 bits per heavy atom. The fraction of sp³-hybridized carbons (Fsp3) is 0.286. The summed E-state index contributed by atoms with van der Waals surface area (Å²) in [6.07, 6.45) is 2.24. The highest BCUT2D eigenvalue weighted by Gasteiger charge is 2.29. The Morgan fingerprint density at radius 2 is 1.70 bits per heavy atom. The summed E-state index contributed by atoms with van der Waals surface area (Å²) in [6.45, 7) is 1.60. The first kappa shape index (κ1) is 18.6. The summed E-state index contributed by atoms with van der Waals surface area (Å²) in [5, 5.41) is 5.54. The first-order chi connectivity index (χ1) is 13.0. The molecule has 140 valence electrons. The molecule has 0 bridgehead atoms. The number of para-hydroxylation sites is 1. The average molecular weight is 366 g/mol. The number of esters is 1. The lowest BCUT2D eigenvalue weighted by Gasteiger charge is -2.14. The molecule has 0 radical (unpaired) electrons. The molecule has 2 N–H and O–H groups in total. The molecule has 6 nitrogen and oxygen atoms in total. The topological polar surface area (TPSA) is 84.5 Å². The van der Waals surface area contributed by atoms with Gasteiger partial charge in [-0.2, -0.15) is 0 Å². The van der Waals surface area contributed by atoms with E-state index >= 15 is 0 Å². The van der Waals surface area contributed by atoms with E-state index in [-0.39, 0.29) is 30.0 Å². The highest BCUT2D eigenvalue weighted by atomic mass is 16.5. The van der Waals surface area contributed by atoms with Crippen molar-refractivity contribution in [1.82, 2.24) is 5.32 Å². The first-order valence-corrected chi connectivity index (χ1v) is 8.96. The Balaban J connectivity index is 1.59. The van der Waals surface area contributed by atoms with Gasteiger partial charge in [0.05, 0.1) is 11.3 Å². The molecule has 2 amide bonds. The van der Waals surface area contributed by atoms with Crippen molar-refractivity contribution in [1.29, 1.82) is 0 Å². The second-order valence-electron chi connectivity index (χ2n) is 6.64. The number of hydrogen-bond donors (Lipinski definition) is 2. The summed E-state index contributed by atoms with van der Waals surface area (Å²) >= 11 is 0. The second kappa shape index (κ2) is 8.49. The van der Waals surface area contributed by atoms with Crippen molar-refractivity contribution >= 4 is 23.5 Å². The van der Waals surface area contributed by atoms with Gasteiger partial charge in [0.2, 0.25) is 0 Å². The van der Waals surface area contributed by atoms with Gasteiger partial charge in [0.25, 0.3) is 11.8 Å². The van der Waals surface area contributed by atoms with Crippen LogP contribution in [-0.4, -0.2) is 30.4 Å². The molecule has 0 saturated heterocycles. The van der Waals surface area contributed by atoms with E-state index in [0.29, 0.717) is 17.2 Å². The Morgan fingerprint density at radius 3 is 2.41 bits per heavy atom. The van der Waals surface area contributed by atoms with Crippen LogP contribution in [0.4, 0.5) is 5.69 Å². The molecule has 27 heavy (non-hydrogen) atoms. The number of carbonyl (C=O) groups excluding carboxylic acids is 3. The quantitative estimate of drug-likeness (QED) is 0.738. The van der Waals surface area contributed by atoms with Crippen LogP contribution in [0.1, 0.15) is 40.5 Å². The van der Waals surface area contributed by atoms with E-state index in [0.717, 1.165) is 12.8 Å². The van der Waals surface area contributed by atoms with Crippen LogP contribution in [0.15, 0.2) is 54.6 Å². The molecule has 0 aromatic heterocycles. The molecule has 6 heteroatoms. The molecule has 0 unspecified atom stereocenters. The predicted molar refractivity (Wildman–Crippen MR) is 101 cm³/mol. The minimum Gasteiger partial charge on any atom is -0.452 e. The lowest BCUT2D eigenvalue weighted by molar-refractivity contribution is -0.124. The van der Waals surface area contributed by atoms with E-state index in [4.69, 9.17) is 4.74 Å². The van der Waals surface area contributed by atoms with Crippen molar-refractivity contribution in [3.8, 4) is 0 Å². The van der Waals surface area contributed by atoms with Crippen LogP contribution in [-0.2, 0) is 9.53 Å². The second-order valence-corrected chi connectivity index (χ2v) is 6.64. The van der Waals surface area contributed by atoms with Gasteiger partial charge in [-0.15, -0.1) is 0 Å². The van der Waals surface area contributed by atoms with Gasteiger partial charge in [-0.1, -0.05) is 30.3 Å². The predicted octanol–water partition coefficient (Wildman–Crippen LogP) is 3.01. The van der Waals surface area contributed by atoms with Gasteiger partial charge >= 0.3 is 5.97 Å². The zero-order chi connectivity index (χ0) is 19.2. The average Bonchev–Trinajstić information content (AvgIpc) is 3.52. The van der Waals surface area contributed by atoms with Gasteiger partial charge in [-0.05, 0) is 49.9 Å². The standard InChI is InChI=1S/C21H22N2O4/c1-14(15-11-12-15)22-19(24)13-27-21(26)17-9-5-6-10-18(17)23-20(25)16-7-3-2-4-8-16/h2-10,14-15H,11-13H2,1H3,(H,22,24)(H,23,25)/t14-/m1/s1. The number of benzene rings is 2. The molecular weight excluding hydrogens is 344 g/mol. The number of amides is 2. The molecule has 2 aromatic rings. The number of anilines is 1. The van der Waals surface area contributed by atoms with Crippen molar-refractivity contribution in [2.45, 2.75) is 25.8 Å². The Kier molecular flexibility index (Phi) is 5.86. The van der Waals surface area contributed by atoms with E-state index in [1.807, 2.05) is 13.0 Å². The fourth-order valence-electron chi connectivity index (χ4n) is 2.77. The van der Waals surface area contributed by atoms with Crippen molar-refractivity contribution in [3.63, 3.8) is 0 Å². The molecule has 1 aliphatic carbocycles. The third-order valence-corrected chi connectivity index (χ3v) is 4.48. The van der Waals surface area contributed by atoms with E-state index in [1.54, 1.807) is 48.5 Å². The molecule has 0 spiro atoms. The van der Waals surface area contributed by atoms with Gasteiger partial charge < -0.3 is 15.4 Å². The Bertz CT molecular complexity index is 831. The largest absolute Gasteiger partial charge is 0.452 e. The Hall–Kier alpha value is -3.15. The van der Waals surface area contributed by atoms with Crippen LogP contribution >= 0.6 is 0 Å². The maximum Gasteiger partial charge on any atom is 0.340 e. The van der Waals surface area contributed by atoms with Gasteiger partial charge in [0.15, 0.2) is 6.61 Å². The van der Waals surface area contributed by atoms with Gasteiger partial charge in [-0.25, -0.2) is 4.79 Å². The van der Waals surface area contributed by atoms with Crippen molar-refractivity contribution < 1.29 is 19.1 Å². The number of carbonyl (C=O) groups is 3. The summed E-state index contributed by atoms with van der Waals surface area (Å²) < 4.78 is 5.12. The molecule has 2 aromatic carbocycles. The monoisotopic (exact) mass is 366 g/mol. The van der Waals surface area contributed by atoms with Gasteiger partial charge in [0, 0.05) is 11.6 Å². The number of nitrogens with one attached hydrogen (secondary N) is 2. The highest BCUT2D eigenvalue weighted by Crippen LogP contribution is 2.32. The normalized spacial score (nSPS) is 14.1. The summed E-state index contributed by atoms with van der Waals surface area (Å²) in [4.78, 5) is 36.6. The first-order valence-electron chi connectivity index (χ1n) is 8.96. The third kappa shape index (κ3) is 5.17. The lowest BCUT2D eigenvalue weighted by Crippen LogP contribution is -2.37. The molecule has 1 atom stereocenters. The van der Waals surface area contributed by atoms with Crippen molar-refractivity contribution in [3.05, 3.63) is 65.7 Å². The van der Waals surface area contributed by atoms with E-state index in [1.165, 1.54) is 0 Å². The molecule has 0 aliphatic heterocycles. The number of hydrogen-bond acceptors (Lipinski definition) is 4. The summed E-state index contributed by atoms with van der Waals surface area (Å²) in [7, 11) is 0. The Labute approximate surface area is 157 Å². The maximum atomic E-state index is 12.4. The fourth-order valence-corrected chi connectivity index (χ4v) is 2.77. The third-order valence-electron chi connectivity index (χ3n) is 4.48.